The number of halogens is 3. The number of benzene rings is 4. The lowest BCUT2D eigenvalue weighted by Gasteiger charge is -2.08. The van der Waals surface area contributed by atoms with Crippen molar-refractivity contribution in [3.8, 4) is 22.8 Å². The molecule has 2 N–H and O–H groups in total. The van der Waals surface area contributed by atoms with Gasteiger partial charge in [-0.2, -0.15) is 0 Å². The number of hydrogen-bond donors (Lipinski definition) is 2. The summed E-state index contributed by atoms with van der Waals surface area (Å²) in [6.45, 7) is 0. The van der Waals surface area contributed by atoms with Crippen LogP contribution in [0.2, 0.25) is 15.1 Å². The Kier molecular flexibility index (Phi) is 6.74. The Morgan fingerprint density at radius 1 is 0.795 bits per heavy atom. The van der Waals surface area contributed by atoms with Gasteiger partial charge < -0.3 is 14.2 Å². The van der Waals surface area contributed by atoms with Gasteiger partial charge in [-0.15, -0.1) is 0 Å². The van der Waals surface area contributed by atoms with Gasteiger partial charge in [0.1, 0.15) is 11.3 Å². The monoisotopic (exact) mass is 591 g/mol. The third kappa shape index (κ3) is 5.10. The number of hydrogen-bond acceptors (Lipinski definition) is 5. The highest BCUT2D eigenvalue weighted by Gasteiger charge is 2.16. The molecule has 0 fully saturated rings. The second-order valence-corrected chi connectivity index (χ2v) is 10.2. The van der Waals surface area contributed by atoms with E-state index in [4.69, 9.17) is 55.9 Å². The molecule has 4 aromatic carbocycles. The molecule has 0 bridgehead atoms. The van der Waals surface area contributed by atoms with Crippen molar-refractivity contribution in [2.75, 3.05) is 5.32 Å². The Morgan fingerprint density at radius 3 is 2.46 bits per heavy atom. The molecule has 6 rings (SSSR count). The molecule has 0 aliphatic carbocycles. The summed E-state index contributed by atoms with van der Waals surface area (Å²) < 4.78 is 11.7. The smallest absolute Gasteiger partial charge is 0.293 e. The number of anilines is 1. The maximum absolute atomic E-state index is 12.7. The molecule has 0 saturated carbocycles. The summed E-state index contributed by atoms with van der Waals surface area (Å²) in [5.41, 5.74) is 3.39. The van der Waals surface area contributed by atoms with Crippen LogP contribution in [-0.2, 0) is 0 Å². The first-order valence-corrected chi connectivity index (χ1v) is 13.2. The lowest BCUT2D eigenvalue weighted by molar-refractivity contribution is 0.0951. The third-order valence-electron chi connectivity index (χ3n) is 6.01. The molecule has 0 aliphatic rings. The van der Waals surface area contributed by atoms with E-state index in [1.165, 1.54) is 0 Å². The van der Waals surface area contributed by atoms with Gasteiger partial charge in [-0.3, -0.25) is 10.1 Å². The van der Waals surface area contributed by atoms with E-state index in [-0.39, 0.29) is 10.9 Å². The predicted molar refractivity (Wildman–Crippen MR) is 160 cm³/mol. The summed E-state index contributed by atoms with van der Waals surface area (Å²) in [5, 5.41) is 9.06. The zero-order chi connectivity index (χ0) is 27.1. The van der Waals surface area contributed by atoms with Gasteiger partial charge in [0, 0.05) is 27.2 Å². The molecule has 0 spiro atoms. The van der Waals surface area contributed by atoms with Crippen molar-refractivity contribution in [3.05, 3.63) is 106 Å². The third-order valence-corrected chi connectivity index (χ3v) is 7.28. The molecule has 2 heterocycles. The minimum absolute atomic E-state index is 0.0898. The molecule has 0 saturated heterocycles. The molecule has 39 heavy (non-hydrogen) atoms. The number of nitrogens with zero attached hydrogens (tertiary/aromatic N) is 1. The number of fused-ring (bicyclic) bond motifs is 2. The van der Waals surface area contributed by atoms with E-state index in [9.17, 15) is 4.79 Å². The van der Waals surface area contributed by atoms with Gasteiger partial charge in [0.05, 0.1) is 10.0 Å². The summed E-state index contributed by atoms with van der Waals surface area (Å²) in [6, 6.07) is 25.2. The molecule has 0 unspecified atom stereocenters. The largest absolute Gasteiger partial charge is 0.451 e. The average Bonchev–Trinajstić information content (AvgIpc) is 3.58. The van der Waals surface area contributed by atoms with Gasteiger partial charge in [0.25, 0.3) is 5.91 Å². The van der Waals surface area contributed by atoms with E-state index in [2.05, 4.69) is 15.6 Å². The zero-order valence-corrected chi connectivity index (χ0v) is 22.9. The van der Waals surface area contributed by atoms with E-state index >= 15 is 0 Å². The van der Waals surface area contributed by atoms with Crippen molar-refractivity contribution < 1.29 is 13.6 Å². The van der Waals surface area contributed by atoms with Gasteiger partial charge in [-0.25, -0.2) is 4.98 Å². The number of aromatic nitrogens is 1. The SMILES string of the molecule is O=C(NC(=S)Nc1ccc2oc(-c3cccc4c(Cl)cccc34)nc2c1)c1ccc(-c2ccc(Cl)c(Cl)c2)o1. The van der Waals surface area contributed by atoms with E-state index in [1.54, 1.807) is 48.5 Å². The first kappa shape index (κ1) is 25.4. The maximum Gasteiger partial charge on any atom is 0.293 e. The first-order chi connectivity index (χ1) is 18.9. The number of carbonyl (C=O) groups is 1. The Bertz CT molecular complexity index is 1910. The highest BCUT2D eigenvalue weighted by Crippen LogP contribution is 2.34. The molecule has 0 radical (unpaired) electrons. The predicted octanol–water partition coefficient (Wildman–Crippen LogP) is 8.99. The van der Waals surface area contributed by atoms with Crippen molar-refractivity contribution in [1.29, 1.82) is 0 Å². The van der Waals surface area contributed by atoms with E-state index < -0.39 is 5.91 Å². The van der Waals surface area contributed by atoms with Crippen molar-refractivity contribution in [2.24, 2.45) is 0 Å². The van der Waals surface area contributed by atoms with Crippen LogP contribution < -0.4 is 10.6 Å². The summed E-state index contributed by atoms with van der Waals surface area (Å²) in [6.07, 6.45) is 0. The first-order valence-electron chi connectivity index (χ1n) is 11.6. The van der Waals surface area contributed by atoms with Gasteiger partial charge in [0.2, 0.25) is 5.89 Å². The van der Waals surface area contributed by atoms with E-state index in [0.717, 1.165) is 16.3 Å². The van der Waals surface area contributed by atoms with Crippen LogP contribution in [0.5, 0.6) is 0 Å². The Hall–Kier alpha value is -3.88. The van der Waals surface area contributed by atoms with Crippen LogP contribution in [0, 0.1) is 0 Å². The van der Waals surface area contributed by atoms with Crippen LogP contribution >= 0.6 is 47.0 Å². The fourth-order valence-corrected chi connectivity index (χ4v) is 4.92. The lowest BCUT2D eigenvalue weighted by atomic mass is 10.0. The summed E-state index contributed by atoms with van der Waals surface area (Å²) in [7, 11) is 0. The standard InChI is InChI=1S/C29H16Cl3N3O3S/c30-20-6-2-3-17-18(20)4-1-5-19(17)28-34-23-14-16(8-10-25(23)38-28)33-29(39)35-27(36)26-12-11-24(37-26)15-7-9-21(31)22(32)13-15/h1-14H,(H2,33,35,36,39). The second-order valence-electron chi connectivity index (χ2n) is 8.54. The molecule has 0 aliphatic heterocycles. The Balaban J connectivity index is 1.17. The number of oxazole rings is 1. The average molecular weight is 593 g/mol. The quantitative estimate of drug-likeness (QED) is 0.199. The highest BCUT2D eigenvalue weighted by atomic mass is 35.5. The fraction of sp³-hybridized carbons (Fsp3) is 0. The maximum atomic E-state index is 12.7. The number of carbonyl (C=O) groups excluding carboxylic acids is 1. The van der Waals surface area contributed by atoms with Crippen LogP contribution in [-0.4, -0.2) is 16.0 Å². The Morgan fingerprint density at radius 2 is 1.62 bits per heavy atom. The zero-order valence-electron chi connectivity index (χ0n) is 19.8. The van der Waals surface area contributed by atoms with Gasteiger partial charge in [-0.05, 0) is 78.3 Å². The fourth-order valence-electron chi connectivity index (χ4n) is 4.17. The number of amides is 1. The van der Waals surface area contributed by atoms with E-state index in [1.807, 2.05) is 36.4 Å². The molecule has 192 valence electrons. The summed E-state index contributed by atoms with van der Waals surface area (Å²) in [5.74, 6) is 0.532. The number of furan rings is 1. The molecule has 6 nitrogen and oxygen atoms in total. The number of rotatable bonds is 4. The van der Waals surface area contributed by atoms with Crippen LogP contribution in [0.15, 0.2) is 93.8 Å². The van der Waals surface area contributed by atoms with Crippen molar-refractivity contribution in [1.82, 2.24) is 10.3 Å². The van der Waals surface area contributed by atoms with Gasteiger partial charge >= 0.3 is 0 Å². The normalized spacial score (nSPS) is 11.2. The van der Waals surface area contributed by atoms with Crippen LogP contribution in [0.3, 0.4) is 0 Å². The van der Waals surface area contributed by atoms with E-state index in [0.29, 0.717) is 49.1 Å². The minimum atomic E-state index is -0.502. The van der Waals surface area contributed by atoms with Crippen LogP contribution in [0.4, 0.5) is 5.69 Å². The highest BCUT2D eigenvalue weighted by molar-refractivity contribution is 7.80. The second kappa shape index (κ2) is 10.4. The van der Waals surface area contributed by atoms with Crippen molar-refractivity contribution >= 4 is 85.6 Å². The molecule has 6 aromatic rings. The Labute approximate surface area is 242 Å². The molecule has 2 aromatic heterocycles. The topological polar surface area (TPSA) is 80.3 Å². The molecule has 1 amide bonds. The summed E-state index contributed by atoms with van der Waals surface area (Å²) in [4.78, 5) is 17.4. The number of nitrogens with one attached hydrogen (secondary N) is 2. The number of thiocarbonyl (C=S) groups is 1. The van der Waals surface area contributed by atoms with Crippen molar-refractivity contribution in [2.45, 2.75) is 0 Å². The van der Waals surface area contributed by atoms with Crippen LogP contribution in [0.1, 0.15) is 10.6 Å². The lowest BCUT2D eigenvalue weighted by Crippen LogP contribution is -2.33. The minimum Gasteiger partial charge on any atom is -0.451 e. The van der Waals surface area contributed by atoms with Crippen molar-refractivity contribution in [3.63, 3.8) is 0 Å². The molecular formula is C29H16Cl3N3O3S. The van der Waals surface area contributed by atoms with Crippen LogP contribution in [0.25, 0.3) is 44.7 Å². The van der Waals surface area contributed by atoms with Gasteiger partial charge in [0.15, 0.2) is 16.5 Å². The summed E-state index contributed by atoms with van der Waals surface area (Å²) >= 11 is 23.8. The molecule has 10 heteroatoms. The molecular weight excluding hydrogens is 577 g/mol. The molecule has 0 atom stereocenters. The van der Waals surface area contributed by atoms with Gasteiger partial charge in [-0.1, -0.05) is 59.1 Å².